The fourth-order valence-corrected chi connectivity index (χ4v) is 3.58. The van der Waals surface area contributed by atoms with Gasteiger partial charge >= 0.3 is 6.03 Å². The van der Waals surface area contributed by atoms with Gasteiger partial charge in [-0.05, 0) is 49.4 Å². The Bertz CT molecular complexity index is 930. The number of nitrogens with one attached hydrogen (secondary N) is 2. The maximum atomic E-state index is 13.0. The molecule has 1 aliphatic heterocycles. The number of hydrogen-bond donors (Lipinski definition) is 2. The van der Waals surface area contributed by atoms with Crippen LogP contribution in [0.2, 0.25) is 0 Å². The maximum Gasteiger partial charge on any atom is 0.317 e. The van der Waals surface area contributed by atoms with Gasteiger partial charge in [0.1, 0.15) is 17.3 Å². The molecule has 1 fully saturated rings. The van der Waals surface area contributed by atoms with Gasteiger partial charge in [0.05, 0.1) is 26.8 Å². The Morgan fingerprint density at radius 2 is 1.72 bits per heavy atom. The normalized spacial score (nSPS) is 15.1. The topological polar surface area (TPSA) is 83.1 Å². The molecule has 1 saturated heterocycles. The summed E-state index contributed by atoms with van der Waals surface area (Å²) in [5.74, 6) is 0.842. The Labute approximate surface area is 187 Å². The number of halogens is 1. The van der Waals surface area contributed by atoms with Crippen molar-refractivity contribution >= 4 is 17.6 Å². The average molecular weight is 445 g/mol. The molecule has 172 valence electrons. The number of anilines is 1. The monoisotopic (exact) mass is 444 g/mol. The zero-order chi connectivity index (χ0) is 23.1. The first-order chi connectivity index (χ1) is 15.4. The molecule has 2 aromatic rings. The van der Waals surface area contributed by atoms with Crippen LogP contribution in [0.15, 0.2) is 42.5 Å². The molecule has 1 atom stereocenters. The largest absolute Gasteiger partial charge is 0.497 e. The summed E-state index contributed by atoms with van der Waals surface area (Å²) in [6.45, 7) is 4.30. The van der Waals surface area contributed by atoms with Crippen LogP contribution >= 0.6 is 0 Å². The lowest BCUT2D eigenvalue weighted by atomic mass is 10.1. The first-order valence-electron chi connectivity index (χ1n) is 10.4. The van der Waals surface area contributed by atoms with Gasteiger partial charge in [-0.25, -0.2) is 9.18 Å². The van der Waals surface area contributed by atoms with E-state index in [0.29, 0.717) is 43.4 Å². The number of carbonyl (C=O) groups is 2. The first-order valence-corrected chi connectivity index (χ1v) is 10.4. The van der Waals surface area contributed by atoms with Crippen LogP contribution in [-0.4, -0.2) is 68.7 Å². The van der Waals surface area contributed by atoms with Crippen LogP contribution in [-0.2, 0) is 4.79 Å². The highest BCUT2D eigenvalue weighted by Gasteiger charge is 2.24. The highest BCUT2D eigenvalue weighted by atomic mass is 19.1. The van der Waals surface area contributed by atoms with Gasteiger partial charge in [-0.3, -0.25) is 9.69 Å². The molecule has 0 radical (unpaired) electrons. The predicted octanol–water partition coefficient (Wildman–Crippen LogP) is 2.87. The number of ether oxygens (including phenoxy) is 2. The van der Waals surface area contributed by atoms with Gasteiger partial charge in [0.2, 0.25) is 5.91 Å². The van der Waals surface area contributed by atoms with Crippen molar-refractivity contribution in [3.05, 3.63) is 53.8 Å². The molecule has 9 heteroatoms. The van der Waals surface area contributed by atoms with E-state index in [1.54, 1.807) is 19.1 Å². The molecule has 0 aliphatic carbocycles. The number of methoxy groups -OCH3 is 2. The van der Waals surface area contributed by atoms with Crippen molar-refractivity contribution in [2.45, 2.75) is 13.0 Å². The molecule has 1 aliphatic rings. The molecular formula is C23H29FN4O4. The quantitative estimate of drug-likeness (QED) is 0.686. The molecule has 1 heterocycles. The van der Waals surface area contributed by atoms with Gasteiger partial charge in [0.15, 0.2) is 0 Å². The third-order valence-electron chi connectivity index (χ3n) is 5.40. The minimum absolute atomic E-state index is 0.169. The van der Waals surface area contributed by atoms with E-state index in [4.69, 9.17) is 9.47 Å². The molecule has 3 amide bonds. The third-order valence-corrected chi connectivity index (χ3v) is 5.40. The first kappa shape index (κ1) is 23.3. The molecule has 0 spiro atoms. The molecule has 2 aromatic carbocycles. The molecule has 0 unspecified atom stereocenters. The Morgan fingerprint density at radius 1 is 1.03 bits per heavy atom. The lowest BCUT2D eigenvalue weighted by molar-refractivity contribution is -0.117. The van der Waals surface area contributed by atoms with E-state index in [-0.39, 0.29) is 30.3 Å². The fraction of sp³-hybridized carbons (Fsp3) is 0.391. The van der Waals surface area contributed by atoms with Crippen LogP contribution in [0.25, 0.3) is 0 Å². The van der Waals surface area contributed by atoms with Crippen molar-refractivity contribution in [3.8, 4) is 11.5 Å². The standard InChI is InChI=1S/C23H29FN4O4/c1-16(20-14-19(31-2)8-9-21(20)32-3)25-23(30)28-12-10-27(11-13-28)15-22(29)26-18-6-4-17(24)5-7-18/h4-9,14,16H,10-13,15H2,1-3H3,(H,25,30)(H,26,29)/t16-/m0/s1. The Morgan fingerprint density at radius 3 is 2.34 bits per heavy atom. The summed E-state index contributed by atoms with van der Waals surface area (Å²) < 4.78 is 23.7. The van der Waals surface area contributed by atoms with E-state index in [1.807, 2.05) is 30.0 Å². The smallest absolute Gasteiger partial charge is 0.317 e. The van der Waals surface area contributed by atoms with Gasteiger partial charge < -0.3 is 25.0 Å². The average Bonchev–Trinajstić information content (AvgIpc) is 2.80. The third kappa shape index (κ3) is 6.10. The molecule has 0 saturated carbocycles. The fourth-order valence-electron chi connectivity index (χ4n) is 3.58. The molecular weight excluding hydrogens is 415 g/mol. The minimum atomic E-state index is -0.350. The summed E-state index contributed by atoms with van der Waals surface area (Å²) in [7, 11) is 3.18. The van der Waals surface area contributed by atoms with E-state index in [1.165, 1.54) is 24.3 Å². The number of carbonyl (C=O) groups excluding carboxylic acids is 2. The van der Waals surface area contributed by atoms with Crippen molar-refractivity contribution in [2.75, 3.05) is 52.3 Å². The SMILES string of the molecule is COc1ccc(OC)c([C@H](C)NC(=O)N2CCN(CC(=O)Nc3ccc(F)cc3)CC2)c1. The van der Waals surface area contributed by atoms with Crippen molar-refractivity contribution in [1.82, 2.24) is 15.1 Å². The Balaban J connectivity index is 1.48. The Hall–Kier alpha value is -3.33. The van der Waals surface area contributed by atoms with E-state index in [0.717, 1.165) is 5.56 Å². The number of hydrogen-bond acceptors (Lipinski definition) is 5. The number of piperazine rings is 1. The number of benzene rings is 2. The van der Waals surface area contributed by atoms with E-state index in [2.05, 4.69) is 10.6 Å². The van der Waals surface area contributed by atoms with Gasteiger partial charge in [-0.15, -0.1) is 0 Å². The second kappa shape index (κ2) is 10.8. The number of amides is 3. The number of urea groups is 1. The van der Waals surface area contributed by atoms with E-state index >= 15 is 0 Å². The second-order valence-electron chi connectivity index (χ2n) is 7.60. The van der Waals surface area contributed by atoms with Gasteiger partial charge in [0.25, 0.3) is 0 Å². The van der Waals surface area contributed by atoms with Crippen LogP contribution < -0.4 is 20.1 Å². The molecule has 0 aromatic heterocycles. The molecule has 2 N–H and O–H groups in total. The van der Waals surface area contributed by atoms with Crippen LogP contribution in [0.3, 0.4) is 0 Å². The van der Waals surface area contributed by atoms with Crippen LogP contribution in [0, 0.1) is 5.82 Å². The lowest BCUT2D eigenvalue weighted by Crippen LogP contribution is -2.53. The summed E-state index contributed by atoms with van der Waals surface area (Å²) >= 11 is 0. The van der Waals surface area contributed by atoms with E-state index < -0.39 is 0 Å². The zero-order valence-electron chi connectivity index (χ0n) is 18.6. The summed E-state index contributed by atoms with van der Waals surface area (Å²) in [4.78, 5) is 28.7. The zero-order valence-corrected chi connectivity index (χ0v) is 18.6. The number of rotatable bonds is 7. The van der Waals surface area contributed by atoms with Crippen LogP contribution in [0.1, 0.15) is 18.5 Å². The summed E-state index contributed by atoms with van der Waals surface area (Å²) in [6, 6.07) is 10.7. The highest BCUT2D eigenvalue weighted by Crippen LogP contribution is 2.29. The predicted molar refractivity (Wildman–Crippen MR) is 120 cm³/mol. The van der Waals surface area contributed by atoms with Crippen LogP contribution in [0.5, 0.6) is 11.5 Å². The maximum absolute atomic E-state index is 13.0. The molecule has 0 bridgehead atoms. The molecule has 8 nitrogen and oxygen atoms in total. The van der Waals surface area contributed by atoms with Gasteiger partial charge in [-0.2, -0.15) is 0 Å². The molecule has 32 heavy (non-hydrogen) atoms. The van der Waals surface area contributed by atoms with Crippen molar-refractivity contribution in [1.29, 1.82) is 0 Å². The highest BCUT2D eigenvalue weighted by molar-refractivity contribution is 5.92. The van der Waals surface area contributed by atoms with Crippen molar-refractivity contribution in [2.24, 2.45) is 0 Å². The van der Waals surface area contributed by atoms with E-state index in [9.17, 15) is 14.0 Å². The molecule has 3 rings (SSSR count). The van der Waals surface area contributed by atoms with Crippen molar-refractivity contribution in [3.63, 3.8) is 0 Å². The van der Waals surface area contributed by atoms with Crippen LogP contribution in [0.4, 0.5) is 14.9 Å². The Kier molecular flexibility index (Phi) is 7.88. The lowest BCUT2D eigenvalue weighted by Gasteiger charge is -2.35. The second-order valence-corrected chi connectivity index (χ2v) is 7.60. The van der Waals surface area contributed by atoms with Crippen molar-refractivity contribution < 1.29 is 23.5 Å². The number of nitrogens with zero attached hydrogens (tertiary/aromatic N) is 2. The van der Waals surface area contributed by atoms with Gasteiger partial charge in [-0.1, -0.05) is 0 Å². The van der Waals surface area contributed by atoms with Gasteiger partial charge in [0, 0.05) is 37.4 Å². The minimum Gasteiger partial charge on any atom is -0.497 e. The summed E-state index contributed by atoms with van der Waals surface area (Å²) in [5.41, 5.74) is 1.38. The summed E-state index contributed by atoms with van der Waals surface area (Å²) in [5, 5.41) is 5.76. The summed E-state index contributed by atoms with van der Waals surface area (Å²) in [6.07, 6.45) is 0.